The first-order valence-electron chi connectivity index (χ1n) is 4.45. The van der Waals surface area contributed by atoms with Crippen molar-refractivity contribution in [3.63, 3.8) is 0 Å². The molecular formula is C9H21NO. The summed E-state index contributed by atoms with van der Waals surface area (Å²) in [5, 5.41) is 3.24. The van der Waals surface area contributed by atoms with Crippen LogP contribution < -0.4 is 5.32 Å². The SMILES string of the molecule is CCOC[C@H](CC(C)C)NC. The van der Waals surface area contributed by atoms with Gasteiger partial charge in [0.1, 0.15) is 0 Å². The third kappa shape index (κ3) is 6.32. The molecule has 0 aliphatic heterocycles. The van der Waals surface area contributed by atoms with Crippen molar-refractivity contribution in [2.24, 2.45) is 5.92 Å². The van der Waals surface area contributed by atoms with Gasteiger partial charge < -0.3 is 10.1 Å². The molecule has 0 aliphatic rings. The van der Waals surface area contributed by atoms with Crippen LogP contribution in [-0.4, -0.2) is 26.3 Å². The molecule has 2 nitrogen and oxygen atoms in total. The fraction of sp³-hybridized carbons (Fsp3) is 1.00. The van der Waals surface area contributed by atoms with E-state index >= 15 is 0 Å². The fourth-order valence-corrected chi connectivity index (χ4v) is 1.10. The van der Waals surface area contributed by atoms with E-state index in [0.29, 0.717) is 6.04 Å². The molecule has 0 spiro atoms. The number of hydrogen-bond donors (Lipinski definition) is 1. The minimum atomic E-state index is 0.523. The van der Waals surface area contributed by atoms with E-state index in [1.54, 1.807) is 0 Å². The van der Waals surface area contributed by atoms with Crippen molar-refractivity contribution in [1.82, 2.24) is 5.32 Å². The van der Waals surface area contributed by atoms with Gasteiger partial charge in [-0.15, -0.1) is 0 Å². The summed E-state index contributed by atoms with van der Waals surface area (Å²) in [4.78, 5) is 0. The van der Waals surface area contributed by atoms with Gasteiger partial charge in [-0.3, -0.25) is 0 Å². The summed E-state index contributed by atoms with van der Waals surface area (Å²) >= 11 is 0. The van der Waals surface area contributed by atoms with Crippen molar-refractivity contribution in [3.05, 3.63) is 0 Å². The van der Waals surface area contributed by atoms with E-state index in [-0.39, 0.29) is 0 Å². The lowest BCUT2D eigenvalue weighted by molar-refractivity contribution is 0.118. The van der Waals surface area contributed by atoms with Crippen LogP contribution >= 0.6 is 0 Å². The van der Waals surface area contributed by atoms with Crippen LogP contribution in [0.25, 0.3) is 0 Å². The quantitative estimate of drug-likeness (QED) is 0.636. The summed E-state index contributed by atoms with van der Waals surface area (Å²) < 4.78 is 5.32. The lowest BCUT2D eigenvalue weighted by atomic mass is 10.0. The Balaban J connectivity index is 3.41. The second-order valence-corrected chi connectivity index (χ2v) is 3.27. The predicted molar refractivity (Wildman–Crippen MR) is 48.8 cm³/mol. The average molecular weight is 159 g/mol. The molecule has 0 aromatic rings. The van der Waals surface area contributed by atoms with Crippen LogP contribution in [0.2, 0.25) is 0 Å². The van der Waals surface area contributed by atoms with E-state index in [9.17, 15) is 0 Å². The summed E-state index contributed by atoms with van der Waals surface area (Å²) in [6.45, 7) is 8.15. The third-order valence-electron chi connectivity index (χ3n) is 1.69. The summed E-state index contributed by atoms with van der Waals surface area (Å²) in [6.07, 6.45) is 1.19. The zero-order valence-electron chi connectivity index (χ0n) is 8.18. The number of rotatable bonds is 6. The van der Waals surface area contributed by atoms with E-state index in [1.165, 1.54) is 6.42 Å². The average Bonchev–Trinajstić information content (AvgIpc) is 1.97. The molecule has 0 bridgehead atoms. The normalized spacial score (nSPS) is 13.9. The van der Waals surface area contributed by atoms with Gasteiger partial charge in [-0.05, 0) is 26.3 Å². The third-order valence-corrected chi connectivity index (χ3v) is 1.69. The van der Waals surface area contributed by atoms with Gasteiger partial charge in [0.2, 0.25) is 0 Å². The van der Waals surface area contributed by atoms with E-state index in [4.69, 9.17) is 4.74 Å². The minimum absolute atomic E-state index is 0.523. The molecule has 2 heteroatoms. The Morgan fingerprint density at radius 2 is 2.00 bits per heavy atom. The Morgan fingerprint density at radius 1 is 1.36 bits per heavy atom. The molecule has 0 rings (SSSR count). The van der Waals surface area contributed by atoms with E-state index in [0.717, 1.165) is 19.1 Å². The van der Waals surface area contributed by atoms with Crippen LogP contribution in [0.1, 0.15) is 27.2 Å². The summed E-state index contributed by atoms with van der Waals surface area (Å²) in [5.74, 6) is 0.743. The maximum atomic E-state index is 5.32. The number of likely N-dealkylation sites (N-methyl/N-ethyl adjacent to an activating group) is 1. The van der Waals surface area contributed by atoms with Crippen LogP contribution in [0.4, 0.5) is 0 Å². The molecule has 0 aromatic heterocycles. The van der Waals surface area contributed by atoms with Crippen molar-refractivity contribution in [1.29, 1.82) is 0 Å². The van der Waals surface area contributed by atoms with Gasteiger partial charge in [-0.1, -0.05) is 13.8 Å². The fourth-order valence-electron chi connectivity index (χ4n) is 1.10. The van der Waals surface area contributed by atoms with Crippen LogP contribution in [-0.2, 0) is 4.74 Å². The number of nitrogens with one attached hydrogen (secondary N) is 1. The van der Waals surface area contributed by atoms with E-state index in [2.05, 4.69) is 19.2 Å². The maximum Gasteiger partial charge on any atom is 0.0619 e. The second kappa shape index (κ2) is 6.62. The Hall–Kier alpha value is -0.0800. The topological polar surface area (TPSA) is 21.3 Å². The van der Waals surface area contributed by atoms with Gasteiger partial charge in [0, 0.05) is 12.6 Å². The molecular weight excluding hydrogens is 138 g/mol. The smallest absolute Gasteiger partial charge is 0.0619 e. The number of hydrogen-bond acceptors (Lipinski definition) is 2. The molecule has 0 unspecified atom stereocenters. The monoisotopic (exact) mass is 159 g/mol. The van der Waals surface area contributed by atoms with Crippen LogP contribution in [0.15, 0.2) is 0 Å². The Morgan fingerprint density at radius 3 is 2.36 bits per heavy atom. The molecule has 68 valence electrons. The van der Waals surface area contributed by atoms with Crippen molar-refractivity contribution in [2.75, 3.05) is 20.3 Å². The lowest BCUT2D eigenvalue weighted by Gasteiger charge is -2.17. The molecule has 0 radical (unpaired) electrons. The van der Waals surface area contributed by atoms with Crippen molar-refractivity contribution >= 4 is 0 Å². The first-order chi connectivity index (χ1) is 5.20. The summed E-state index contributed by atoms with van der Waals surface area (Å²) in [7, 11) is 1.99. The minimum Gasteiger partial charge on any atom is -0.380 e. The Bertz CT molecular complexity index is 83.6. The largest absolute Gasteiger partial charge is 0.380 e. The zero-order chi connectivity index (χ0) is 8.69. The molecule has 0 aliphatic carbocycles. The molecule has 1 atom stereocenters. The molecule has 0 aromatic carbocycles. The summed E-state index contributed by atoms with van der Waals surface area (Å²) in [5.41, 5.74) is 0. The lowest BCUT2D eigenvalue weighted by Crippen LogP contribution is -2.31. The highest BCUT2D eigenvalue weighted by atomic mass is 16.5. The molecule has 0 heterocycles. The standard InChI is InChI=1S/C9H21NO/c1-5-11-7-9(10-4)6-8(2)3/h8-10H,5-7H2,1-4H3/t9-/m0/s1. The molecule has 0 saturated carbocycles. The van der Waals surface area contributed by atoms with Crippen LogP contribution in [0.5, 0.6) is 0 Å². The van der Waals surface area contributed by atoms with E-state index in [1.807, 2.05) is 14.0 Å². The van der Waals surface area contributed by atoms with Gasteiger partial charge in [-0.25, -0.2) is 0 Å². The van der Waals surface area contributed by atoms with Crippen molar-refractivity contribution < 1.29 is 4.74 Å². The maximum absolute atomic E-state index is 5.32. The molecule has 11 heavy (non-hydrogen) atoms. The van der Waals surface area contributed by atoms with Crippen LogP contribution in [0.3, 0.4) is 0 Å². The number of ether oxygens (including phenoxy) is 1. The van der Waals surface area contributed by atoms with E-state index < -0.39 is 0 Å². The molecule has 1 N–H and O–H groups in total. The highest BCUT2D eigenvalue weighted by Crippen LogP contribution is 2.04. The van der Waals surface area contributed by atoms with Gasteiger partial charge >= 0.3 is 0 Å². The molecule has 0 fully saturated rings. The molecule has 0 amide bonds. The van der Waals surface area contributed by atoms with Crippen LogP contribution in [0, 0.1) is 5.92 Å². The predicted octanol–water partition coefficient (Wildman–Crippen LogP) is 1.66. The second-order valence-electron chi connectivity index (χ2n) is 3.27. The van der Waals surface area contributed by atoms with Gasteiger partial charge in [0.15, 0.2) is 0 Å². The highest BCUT2D eigenvalue weighted by molar-refractivity contribution is 4.64. The van der Waals surface area contributed by atoms with Crippen molar-refractivity contribution in [2.45, 2.75) is 33.2 Å². The van der Waals surface area contributed by atoms with Gasteiger partial charge in [-0.2, -0.15) is 0 Å². The molecule has 0 saturated heterocycles. The zero-order valence-corrected chi connectivity index (χ0v) is 8.18. The van der Waals surface area contributed by atoms with Gasteiger partial charge in [0.25, 0.3) is 0 Å². The first kappa shape index (κ1) is 10.9. The summed E-state index contributed by atoms with van der Waals surface area (Å²) in [6, 6.07) is 0.523. The highest BCUT2D eigenvalue weighted by Gasteiger charge is 2.07. The Labute approximate surface area is 70.3 Å². The first-order valence-corrected chi connectivity index (χ1v) is 4.45. The van der Waals surface area contributed by atoms with Crippen molar-refractivity contribution in [3.8, 4) is 0 Å². The van der Waals surface area contributed by atoms with Gasteiger partial charge in [0.05, 0.1) is 6.61 Å². The Kier molecular flexibility index (Phi) is 6.57.